The minimum absolute atomic E-state index is 0.439. The summed E-state index contributed by atoms with van der Waals surface area (Å²) in [5, 5.41) is 9.05. The number of rotatable bonds is 10. The zero-order valence-electron chi connectivity index (χ0n) is 12.4. The van der Waals surface area contributed by atoms with E-state index in [1.54, 1.807) is 0 Å². The van der Waals surface area contributed by atoms with E-state index in [0.29, 0.717) is 12.3 Å². The van der Waals surface area contributed by atoms with Crippen LogP contribution in [-0.2, 0) is 14.6 Å². The van der Waals surface area contributed by atoms with Crippen LogP contribution in [0, 0.1) is 5.92 Å². The molecule has 108 valence electrons. The number of unbranched alkanes of at least 4 members (excludes halogenated alkanes) is 1. The second-order valence-corrected chi connectivity index (χ2v) is 5.80. The van der Waals surface area contributed by atoms with Crippen molar-refractivity contribution < 1.29 is 19.7 Å². The van der Waals surface area contributed by atoms with Gasteiger partial charge in [0, 0.05) is 0 Å². The lowest BCUT2D eigenvalue weighted by Gasteiger charge is -2.24. The van der Waals surface area contributed by atoms with Gasteiger partial charge in [-0.15, -0.1) is 0 Å². The molecule has 0 aliphatic rings. The molecule has 1 atom stereocenters. The van der Waals surface area contributed by atoms with Gasteiger partial charge in [-0.2, -0.15) is 0 Å². The molecule has 18 heavy (non-hydrogen) atoms. The Labute approximate surface area is 111 Å². The predicted molar refractivity (Wildman–Crippen MR) is 71.3 cm³/mol. The Bertz CT molecular complexity index is 236. The highest BCUT2D eigenvalue weighted by Gasteiger charge is 2.24. The molecule has 0 amide bonds. The first-order valence-corrected chi connectivity index (χ1v) is 6.85. The number of carboxylic acid groups (broad SMARTS) is 1. The Hall–Kier alpha value is -0.610. The van der Waals surface area contributed by atoms with Crippen molar-refractivity contribution in [3.05, 3.63) is 0 Å². The Morgan fingerprint density at radius 3 is 2.22 bits per heavy atom. The molecule has 0 aromatic heterocycles. The summed E-state index contributed by atoms with van der Waals surface area (Å²) in [6.07, 6.45) is 3.41. The standard InChI is InChI=1S/C14H28O4/c1-6-14(4,5)18-17-12(13(15)16)10-8-7-9-11(2)3/h11-12H,6-10H2,1-5H3,(H,15,16). The molecule has 4 heteroatoms. The molecule has 0 saturated carbocycles. The molecule has 0 radical (unpaired) electrons. The number of carbonyl (C=O) groups is 1. The lowest BCUT2D eigenvalue weighted by molar-refractivity contribution is -0.373. The van der Waals surface area contributed by atoms with Crippen LogP contribution in [0.15, 0.2) is 0 Å². The van der Waals surface area contributed by atoms with Gasteiger partial charge in [0.05, 0.1) is 5.60 Å². The third kappa shape index (κ3) is 8.48. The molecule has 0 heterocycles. The number of carboxylic acids is 1. The molecule has 1 N–H and O–H groups in total. The summed E-state index contributed by atoms with van der Waals surface area (Å²) < 4.78 is 0. The zero-order valence-corrected chi connectivity index (χ0v) is 12.4. The number of hydrogen-bond donors (Lipinski definition) is 1. The normalized spacial score (nSPS) is 13.9. The monoisotopic (exact) mass is 260 g/mol. The molecule has 0 fully saturated rings. The Balaban J connectivity index is 3.97. The van der Waals surface area contributed by atoms with E-state index in [4.69, 9.17) is 14.9 Å². The maximum atomic E-state index is 11.0. The molecule has 0 aromatic rings. The van der Waals surface area contributed by atoms with Gasteiger partial charge in [0.15, 0.2) is 6.10 Å². The minimum Gasteiger partial charge on any atom is -0.479 e. The third-order valence-electron chi connectivity index (χ3n) is 3.01. The smallest absolute Gasteiger partial charge is 0.336 e. The van der Waals surface area contributed by atoms with Crippen molar-refractivity contribution in [3.8, 4) is 0 Å². The van der Waals surface area contributed by atoms with Gasteiger partial charge in [-0.3, -0.25) is 0 Å². The van der Waals surface area contributed by atoms with Crippen LogP contribution < -0.4 is 0 Å². The van der Waals surface area contributed by atoms with Crippen LogP contribution in [0.3, 0.4) is 0 Å². The average molecular weight is 260 g/mol. The van der Waals surface area contributed by atoms with Crippen molar-refractivity contribution in [2.45, 2.75) is 78.4 Å². The van der Waals surface area contributed by atoms with Crippen LogP contribution in [0.4, 0.5) is 0 Å². The topological polar surface area (TPSA) is 55.8 Å². The largest absolute Gasteiger partial charge is 0.479 e. The van der Waals surface area contributed by atoms with E-state index in [2.05, 4.69) is 13.8 Å². The van der Waals surface area contributed by atoms with Gasteiger partial charge in [-0.25, -0.2) is 14.6 Å². The van der Waals surface area contributed by atoms with E-state index in [1.807, 2.05) is 20.8 Å². The summed E-state index contributed by atoms with van der Waals surface area (Å²) in [5.41, 5.74) is -0.439. The maximum absolute atomic E-state index is 11.0. The molecule has 0 aromatic carbocycles. The summed E-state index contributed by atoms with van der Waals surface area (Å²) in [6.45, 7) is 10.1. The Morgan fingerprint density at radius 1 is 1.22 bits per heavy atom. The first-order valence-electron chi connectivity index (χ1n) is 6.85. The lowest BCUT2D eigenvalue weighted by atomic mass is 10.0. The molecule has 0 rings (SSSR count). The zero-order chi connectivity index (χ0) is 14.2. The fraction of sp³-hybridized carbons (Fsp3) is 0.929. The summed E-state index contributed by atoms with van der Waals surface area (Å²) in [5.74, 6) is -0.295. The minimum atomic E-state index is -0.952. The van der Waals surface area contributed by atoms with Gasteiger partial charge in [-0.05, 0) is 32.6 Å². The van der Waals surface area contributed by atoms with Crippen LogP contribution in [0.5, 0.6) is 0 Å². The van der Waals surface area contributed by atoms with Crippen LogP contribution >= 0.6 is 0 Å². The summed E-state index contributed by atoms with van der Waals surface area (Å²) in [6, 6.07) is 0. The van der Waals surface area contributed by atoms with Gasteiger partial charge in [0.2, 0.25) is 0 Å². The van der Waals surface area contributed by atoms with Crippen LogP contribution in [0.25, 0.3) is 0 Å². The lowest BCUT2D eigenvalue weighted by Crippen LogP contribution is -2.31. The van der Waals surface area contributed by atoms with Gasteiger partial charge in [-0.1, -0.05) is 40.0 Å². The van der Waals surface area contributed by atoms with Crippen molar-refractivity contribution >= 4 is 5.97 Å². The number of hydrogen-bond acceptors (Lipinski definition) is 3. The predicted octanol–water partition coefficient (Wildman–Crippen LogP) is 3.79. The van der Waals surface area contributed by atoms with Gasteiger partial charge < -0.3 is 5.11 Å². The van der Waals surface area contributed by atoms with E-state index in [1.165, 1.54) is 0 Å². The number of aliphatic carboxylic acids is 1. The van der Waals surface area contributed by atoms with E-state index in [0.717, 1.165) is 25.7 Å². The summed E-state index contributed by atoms with van der Waals surface area (Å²) >= 11 is 0. The van der Waals surface area contributed by atoms with Crippen molar-refractivity contribution in [1.82, 2.24) is 0 Å². The molecule has 0 saturated heterocycles. The van der Waals surface area contributed by atoms with Gasteiger partial charge >= 0.3 is 5.97 Å². The first-order chi connectivity index (χ1) is 8.28. The second-order valence-electron chi connectivity index (χ2n) is 5.80. The Morgan fingerprint density at radius 2 is 1.78 bits per heavy atom. The highest BCUT2D eigenvalue weighted by atomic mass is 17.2. The van der Waals surface area contributed by atoms with Crippen molar-refractivity contribution in [3.63, 3.8) is 0 Å². The molecular weight excluding hydrogens is 232 g/mol. The highest BCUT2D eigenvalue weighted by molar-refractivity contribution is 5.72. The van der Waals surface area contributed by atoms with Crippen LogP contribution in [0.2, 0.25) is 0 Å². The van der Waals surface area contributed by atoms with Crippen molar-refractivity contribution in [1.29, 1.82) is 0 Å². The SMILES string of the molecule is CCC(C)(C)OOC(CCCCC(C)C)C(=O)O. The highest BCUT2D eigenvalue weighted by Crippen LogP contribution is 2.17. The second kappa shape index (κ2) is 8.48. The third-order valence-corrected chi connectivity index (χ3v) is 3.01. The van der Waals surface area contributed by atoms with Gasteiger partial charge in [0.25, 0.3) is 0 Å². The first kappa shape index (κ1) is 17.4. The van der Waals surface area contributed by atoms with Crippen molar-refractivity contribution in [2.75, 3.05) is 0 Å². The van der Waals surface area contributed by atoms with Crippen molar-refractivity contribution in [2.24, 2.45) is 5.92 Å². The fourth-order valence-corrected chi connectivity index (χ4v) is 1.34. The Kier molecular flexibility index (Phi) is 8.20. The molecule has 0 spiro atoms. The van der Waals surface area contributed by atoms with E-state index in [-0.39, 0.29) is 0 Å². The van der Waals surface area contributed by atoms with Crippen LogP contribution in [-0.4, -0.2) is 22.8 Å². The molecule has 0 bridgehead atoms. The molecule has 1 unspecified atom stereocenters. The van der Waals surface area contributed by atoms with Gasteiger partial charge in [0.1, 0.15) is 0 Å². The molecule has 0 aliphatic heterocycles. The summed E-state index contributed by atoms with van der Waals surface area (Å²) in [7, 11) is 0. The van der Waals surface area contributed by atoms with E-state index in [9.17, 15) is 4.79 Å². The quantitative estimate of drug-likeness (QED) is 0.369. The molecule has 4 nitrogen and oxygen atoms in total. The maximum Gasteiger partial charge on any atom is 0.336 e. The van der Waals surface area contributed by atoms with E-state index < -0.39 is 17.7 Å². The molecular formula is C14H28O4. The average Bonchev–Trinajstić information content (AvgIpc) is 2.27. The summed E-state index contributed by atoms with van der Waals surface area (Å²) in [4.78, 5) is 21.3. The van der Waals surface area contributed by atoms with E-state index >= 15 is 0 Å². The fourth-order valence-electron chi connectivity index (χ4n) is 1.34. The molecule has 0 aliphatic carbocycles. The van der Waals surface area contributed by atoms with Crippen LogP contribution in [0.1, 0.15) is 66.7 Å².